The molecule has 1 aromatic carbocycles. The number of hydrogen-bond donors (Lipinski definition) is 2. The molecular weight excluding hydrogens is 340 g/mol. The number of nitrogens with zero attached hydrogens (tertiary/aromatic N) is 4. The summed E-state index contributed by atoms with van der Waals surface area (Å²) >= 11 is 0. The van der Waals surface area contributed by atoms with Crippen molar-refractivity contribution in [1.82, 2.24) is 25.4 Å². The summed E-state index contributed by atoms with van der Waals surface area (Å²) in [6.45, 7) is 7.18. The average molecular weight is 371 g/mol. The summed E-state index contributed by atoms with van der Waals surface area (Å²) in [6, 6.07) is 6.30. The van der Waals surface area contributed by atoms with Crippen LogP contribution < -0.4 is 15.4 Å². The smallest absolute Gasteiger partial charge is 0.191 e. The highest BCUT2D eigenvalue weighted by Gasteiger charge is 2.15. The number of guanidine groups is 1. The van der Waals surface area contributed by atoms with Gasteiger partial charge < -0.3 is 19.9 Å². The molecule has 7 nitrogen and oxygen atoms in total. The fourth-order valence-corrected chi connectivity index (χ4v) is 3.22. The zero-order valence-electron chi connectivity index (χ0n) is 16.6. The van der Waals surface area contributed by atoms with E-state index in [1.165, 1.54) is 18.4 Å². The van der Waals surface area contributed by atoms with Crippen molar-refractivity contribution in [1.29, 1.82) is 0 Å². The van der Waals surface area contributed by atoms with Crippen LogP contribution in [0.4, 0.5) is 0 Å². The van der Waals surface area contributed by atoms with Crippen molar-refractivity contribution in [3.63, 3.8) is 0 Å². The Morgan fingerprint density at radius 1 is 1.22 bits per heavy atom. The van der Waals surface area contributed by atoms with Crippen LogP contribution in [-0.4, -0.2) is 34.4 Å². The van der Waals surface area contributed by atoms with Gasteiger partial charge in [-0.15, -0.1) is 10.2 Å². The van der Waals surface area contributed by atoms with E-state index >= 15 is 0 Å². The summed E-state index contributed by atoms with van der Waals surface area (Å²) in [5.74, 6) is 3.74. The highest BCUT2D eigenvalue weighted by Crippen LogP contribution is 2.20. The molecule has 2 heterocycles. The van der Waals surface area contributed by atoms with Gasteiger partial charge in [0.2, 0.25) is 0 Å². The number of rotatable bonds is 7. The van der Waals surface area contributed by atoms with E-state index in [-0.39, 0.29) is 0 Å². The van der Waals surface area contributed by atoms with Crippen LogP contribution in [0.3, 0.4) is 0 Å². The molecule has 1 aliphatic rings. The maximum atomic E-state index is 5.89. The van der Waals surface area contributed by atoms with Crippen LogP contribution in [0.2, 0.25) is 0 Å². The topological polar surface area (TPSA) is 76.4 Å². The Kier molecular flexibility index (Phi) is 6.68. The maximum Gasteiger partial charge on any atom is 0.191 e. The van der Waals surface area contributed by atoms with Crippen LogP contribution in [0.15, 0.2) is 23.2 Å². The predicted octanol–water partition coefficient (Wildman–Crippen LogP) is 2.58. The van der Waals surface area contributed by atoms with Gasteiger partial charge in [0.15, 0.2) is 11.8 Å². The first-order valence-electron chi connectivity index (χ1n) is 9.79. The second-order valence-corrected chi connectivity index (χ2v) is 6.88. The standard InChI is InChI=1S/C20H30N6O/c1-4-11-27-17-12-15(2)8-9-16(17)13-22-20(21-3)23-14-19-25-24-18-7-5-6-10-26(18)19/h8-9,12H,4-7,10-11,13-14H2,1-3H3,(H2,21,22,23). The van der Waals surface area contributed by atoms with E-state index < -0.39 is 0 Å². The lowest BCUT2D eigenvalue weighted by molar-refractivity contribution is 0.313. The summed E-state index contributed by atoms with van der Waals surface area (Å²) in [4.78, 5) is 4.32. The molecule has 0 amide bonds. The Labute approximate surface area is 161 Å². The lowest BCUT2D eigenvalue weighted by atomic mass is 10.1. The lowest BCUT2D eigenvalue weighted by Gasteiger charge is -2.17. The molecule has 7 heteroatoms. The Morgan fingerprint density at radius 3 is 2.89 bits per heavy atom. The first-order valence-corrected chi connectivity index (χ1v) is 9.79. The minimum atomic E-state index is 0.611. The van der Waals surface area contributed by atoms with E-state index in [4.69, 9.17) is 4.74 Å². The molecule has 0 unspecified atom stereocenters. The molecule has 0 atom stereocenters. The van der Waals surface area contributed by atoms with Crippen LogP contribution >= 0.6 is 0 Å². The second kappa shape index (κ2) is 9.39. The number of aromatic nitrogens is 3. The molecule has 2 aromatic rings. The van der Waals surface area contributed by atoms with Crippen LogP contribution in [0.25, 0.3) is 0 Å². The van der Waals surface area contributed by atoms with Crippen molar-refractivity contribution in [2.45, 2.75) is 59.2 Å². The van der Waals surface area contributed by atoms with Crippen LogP contribution in [0, 0.1) is 6.92 Å². The van der Waals surface area contributed by atoms with Gasteiger partial charge in [0.25, 0.3) is 0 Å². The molecule has 0 radical (unpaired) electrons. The molecule has 0 saturated carbocycles. The fourth-order valence-electron chi connectivity index (χ4n) is 3.22. The molecule has 1 aliphatic heterocycles. The number of benzene rings is 1. The first kappa shape index (κ1) is 19.2. The normalized spacial score (nSPS) is 14.0. The summed E-state index contributed by atoms with van der Waals surface area (Å²) in [7, 11) is 1.78. The van der Waals surface area contributed by atoms with Gasteiger partial charge in [-0.05, 0) is 37.8 Å². The van der Waals surface area contributed by atoms with Crippen molar-refractivity contribution in [3.05, 3.63) is 41.0 Å². The van der Waals surface area contributed by atoms with Crippen LogP contribution in [-0.2, 0) is 26.1 Å². The maximum absolute atomic E-state index is 5.89. The SMILES string of the molecule is CCCOc1cc(C)ccc1CNC(=NC)NCc1nnc2n1CCCC2. The van der Waals surface area contributed by atoms with Gasteiger partial charge >= 0.3 is 0 Å². The zero-order valence-corrected chi connectivity index (χ0v) is 16.6. The minimum Gasteiger partial charge on any atom is -0.493 e. The molecule has 1 aromatic heterocycles. The molecule has 0 saturated heterocycles. The van der Waals surface area contributed by atoms with E-state index in [1.807, 2.05) is 0 Å². The molecule has 0 aliphatic carbocycles. The number of ether oxygens (including phenoxy) is 1. The van der Waals surface area contributed by atoms with Crippen LogP contribution in [0.1, 0.15) is 49.0 Å². The highest BCUT2D eigenvalue weighted by molar-refractivity contribution is 5.79. The quantitative estimate of drug-likeness (QED) is 0.579. The van der Waals surface area contributed by atoms with Crippen molar-refractivity contribution in [3.8, 4) is 5.75 Å². The predicted molar refractivity (Wildman–Crippen MR) is 107 cm³/mol. The highest BCUT2D eigenvalue weighted by atomic mass is 16.5. The first-order chi connectivity index (χ1) is 13.2. The minimum absolute atomic E-state index is 0.611. The number of aryl methyl sites for hydroxylation is 2. The van der Waals surface area contributed by atoms with Crippen molar-refractivity contribution < 1.29 is 4.74 Å². The van der Waals surface area contributed by atoms with Crippen LogP contribution in [0.5, 0.6) is 5.75 Å². The van der Waals surface area contributed by atoms with E-state index in [2.05, 4.69) is 62.4 Å². The van der Waals surface area contributed by atoms with Gasteiger partial charge in [0.1, 0.15) is 11.6 Å². The third-order valence-electron chi connectivity index (χ3n) is 4.70. The molecular formula is C20H30N6O. The lowest BCUT2D eigenvalue weighted by Crippen LogP contribution is -2.37. The number of aliphatic imine (C=N–C) groups is 1. The Hall–Kier alpha value is -2.57. The fraction of sp³-hybridized carbons (Fsp3) is 0.550. The molecule has 27 heavy (non-hydrogen) atoms. The van der Waals surface area contributed by atoms with Gasteiger partial charge in [-0.2, -0.15) is 0 Å². The van der Waals surface area contributed by atoms with E-state index in [0.29, 0.717) is 13.1 Å². The average Bonchev–Trinajstić information content (AvgIpc) is 3.11. The number of hydrogen-bond acceptors (Lipinski definition) is 4. The van der Waals surface area contributed by atoms with Gasteiger partial charge in [-0.25, -0.2) is 0 Å². The Morgan fingerprint density at radius 2 is 2.07 bits per heavy atom. The number of fused-ring (bicyclic) bond motifs is 1. The Bertz CT molecular complexity index is 783. The van der Waals surface area contributed by atoms with Gasteiger partial charge in [-0.3, -0.25) is 4.99 Å². The monoisotopic (exact) mass is 370 g/mol. The van der Waals surface area contributed by atoms with Crippen molar-refractivity contribution in [2.75, 3.05) is 13.7 Å². The summed E-state index contributed by atoms with van der Waals surface area (Å²) in [6.07, 6.45) is 4.41. The van der Waals surface area contributed by atoms with Crippen molar-refractivity contribution in [2.24, 2.45) is 4.99 Å². The zero-order chi connectivity index (χ0) is 19.1. The van der Waals surface area contributed by atoms with Gasteiger partial charge in [-0.1, -0.05) is 19.1 Å². The van der Waals surface area contributed by atoms with E-state index in [9.17, 15) is 0 Å². The van der Waals surface area contributed by atoms with Crippen molar-refractivity contribution >= 4 is 5.96 Å². The third-order valence-corrected chi connectivity index (χ3v) is 4.70. The molecule has 0 spiro atoms. The van der Waals surface area contributed by atoms with E-state index in [0.717, 1.165) is 54.9 Å². The third kappa shape index (κ3) is 4.99. The molecule has 3 rings (SSSR count). The number of nitrogens with one attached hydrogen (secondary N) is 2. The summed E-state index contributed by atoms with van der Waals surface area (Å²) in [5, 5.41) is 15.3. The summed E-state index contributed by atoms with van der Waals surface area (Å²) in [5.41, 5.74) is 2.32. The Balaban J connectivity index is 1.57. The van der Waals surface area contributed by atoms with Gasteiger partial charge in [0, 0.05) is 32.1 Å². The largest absolute Gasteiger partial charge is 0.493 e. The molecule has 2 N–H and O–H groups in total. The molecule has 146 valence electrons. The molecule has 0 fully saturated rings. The molecule has 0 bridgehead atoms. The second-order valence-electron chi connectivity index (χ2n) is 6.88. The summed E-state index contributed by atoms with van der Waals surface area (Å²) < 4.78 is 8.11. The van der Waals surface area contributed by atoms with E-state index in [1.54, 1.807) is 7.05 Å². The van der Waals surface area contributed by atoms with Gasteiger partial charge in [0.05, 0.1) is 13.2 Å².